The number of hydrogen-bond donors (Lipinski definition) is 2. The molecular formula is C21H30N6OS. The SMILES string of the molecule is CCc1cnc(CNC(=NC)NCCC(=O)N2CCN(c3ccccc3)CC2)s1. The maximum Gasteiger partial charge on any atom is 0.224 e. The summed E-state index contributed by atoms with van der Waals surface area (Å²) in [5.41, 5.74) is 1.22. The molecular weight excluding hydrogens is 384 g/mol. The van der Waals surface area contributed by atoms with Crippen LogP contribution in [-0.2, 0) is 17.8 Å². The van der Waals surface area contributed by atoms with Crippen LogP contribution in [0.2, 0.25) is 0 Å². The Morgan fingerprint density at radius 2 is 1.93 bits per heavy atom. The minimum absolute atomic E-state index is 0.188. The van der Waals surface area contributed by atoms with Gasteiger partial charge in [-0.05, 0) is 18.6 Å². The molecule has 1 aromatic heterocycles. The van der Waals surface area contributed by atoms with Crippen LogP contribution >= 0.6 is 11.3 Å². The first-order valence-electron chi connectivity index (χ1n) is 10.2. The molecule has 7 nitrogen and oxygen atoms in total. The van der Waals surface area contributed by atoms with E-state index in [-0.39, 0.29) is 5.91 Å². The Hall–Kier alpha value is -2.61. The molecule has 2 aromatic rings. The van der Waals surface area contributed by atoms with Crippen molar-refractivity contribution in [3.63, 3.8) is 0 Å². The lowest BCUT2D eigenvalue weighted by atomic mass is 10.2. The van der Waals surface area contributed by atoms with Gasteiger partial charge < -0.3 is 20.4 Å². The summed E-state index contributed by atoms with van der Waals surface area (Å²) >= 11 is 1.71. The highest BCUT2D eigenvalue weighted by molar-refractivity contribution is 7.11. The van der Waals surface area contributed by atoms with Crippen molar-refractivity contribution in [1.82, 2.24) is 20.5 Å². The van der Waals surface area contributed by atoms with Crippen LogP contribution in [0, 0.1) is 0 Å². The lowest BCUT2D eigenvalue weighted by Crippen LogP contribution is -2.49. The Morgan fingerprint density at radius 3 is 2.59 bits per heavy atom. The van der Waals surface area contributed by atoms with E-state index in [1.165, 1.54) is 10.6 Å². The number of amides is 1. The van der Waals surface area contributed by atoms with Gasteiger partial charge in [-0.3, -0.25) is 9.79 Å². The number of aliphatic imine (C=N–C) groups is 1. The Morgan fingerprint density at radius 1 is 1.17 bits per heavy atom. The van der Waals surface area contributed by atoms with Gasteiger partial charge in [-0.1, -0.05) is 25.1 Å². The largest absolute Gasteiger partial charge is 0.368 e. The number of anilines is 1. The summed E-state index contributed by atoms with van der Waals surface area (Å²) < 4.78 is 0. The predicted molar refractivity (Wildman–Crippen MR) is 120 cm³/mol. The topological polar surface area (TPSA) is 72.9 Å². The van der Waals surface area contributed by atoms with Crippen molar-refractivity contribution >= 4 is 28.9 Å². The Labute approximate surface area is 176 Å². The minimum atomic E-state index is 0.188. The molecule has 156 valence electrons. The molecule has 1 aromatic carbocycles. The highest BCUT2D eigenvalue weighted by Gasteiger charge is 2.20. The van der Waals surface area contributed by atoms with E-state index in [1.54, 1.807) is 18.4 Å². The second-order valence-electron chi connectivity index (χ2n) is 6.88. The third-order valence-corrected chi connectivity index (χ3v) is 6.11. The van der Waals surface area contributed by atoms with Crippen molar-refractivity contribution in [3.05, 3.63) is 46.4 Å². The quantitative estimate of drug-likeness (QED) is 0.536. The van der Waals surface area contributed by atoms with Gasteiger partial charge >= 0.3 is 0 Å². The molecule has 1 aliphatic heterocycles. The van der Waals surface area contributed by atoms with Gasteiger partial charge in [0.1, 0.15) is 5.01 Å². The maximum absolute atomic E-state index is 12.5. The minimum Gasteiger partial charge on any atom is -0.368 e. The van der Waals surface area contributed by atoms with E-state index in [4.69, 9.17) is 0 Å². The number of piperazine rings is 1. The molecule has 8 heteroatoms. The molecule has 2 N–H and O–H groups in total. The summed E-state index contributed by atoms with van der Waals surface area (Å²) in [6, 6.07) is 10.4. The Kier molecular flexibility index (Phi) is 7.86. The highest BCUT2D eigenvalue weighted by atomic mass is 32.1. The number of nitrogens with zero attached hydrogens (tertiary/aromatic N) is 4. The van der Waals surface area contributed by atoms with E-state index in [1.807, 2.05) is 17.2 Å². The fourth-order valence-corrected chi connectivity index (χ4v) is 4.07. The second-order valence-corrected chi connectivity index (χ2v) is 8.08. The summed E-state index contributed by atoms with van der Waals surface area (Å²) in [7, 11) is 1.74. The molecule has 0 bridgehead atoms. The van der Waals surface area contributed by atoms with Crippen molar-refractivity contribution in [3.8, 4) is 0 Å². The van der Waals surface area contributed by atoms with Crippen LogP contribution in [0.1, 0.15) is 23.2 Å². The number of nitrogens with one attached hydrogen (secondary N) is 2. The third-order valence-electron chi connectivity index (χ3n) is 4.97. The van der Waals surface area contributed by atoms with Crippen molar-refractivity contribution in [1.29, 1.82) is 0 Å². The lowest BCUT2D eigenvalue weighted by molar-refractivity contribution is -0.131. The van der Waals surface area contributed by atoms with Crippen LogP contribution < -0.4 is 15.5 Å². The average molecular weight is 415 g/mol. The van der Waals surface area contributed by atoms with Gasteiger partial charge in [0.05, 0.1) is 6.54 Å². The smallest absolute Gasteiger partial charge is 0.224 e. The second kappa shape index (κ2) is 10.8. The number of para-hydroxylation sites is 1. The van der Waals surface area contributed by atoms with Crippen molar-refractivity contribution < 1.29 is 4.79 Å². The van der Waals surface area contributed by atoms with Gasteiger partial charge in [0.25, 0.3) is 0 Å². The van der Waals surface area contributed by atoms with Crippen LogP contribution in [0.25, 0.3) is 0 Å². The summed E-state index contributed by atoms with van der Waals surface area (Å²) in [4.78, 5) is 26.7. The van der Waals surface area contributed by atoms with Crippen molar-refractivity contribution in [2.45, 2.75) is 26.3 Å². The number of carbonyl (C=O) groups excluding carboxylic acids is 1. The van der Waals surface area contributed by atoms with E-state index >= 15 is 0 Å². The van der Waals surface area contributed by atoms with E-state index in [9.17, 15) is 4.79 Å². The van der Waals surface area contributed by atoms with Gasteiger partial charge in [-0.15, -0.1) is 11.3 Å². The number of hydrogen-bond acceptors (Lipinski definition) is 5. The molecule has 0 unspecified atom stereocenters. The van der Waals surface area contributed by atoms with E-state index < -0.39 is 0 Å². The van der Waals surface area contributed by atoms with Gasteiger partial charge in [0, 0.05) is 63.0 Å². The van der Waals surface area contributed by atoms with Crippen LogP contribution in [0.15, 0.2) is 41.5 Å². The molecule has 1 aliphatic rings. The molecule has 29 heavy (non-hydrogen) atoms. The summed E-state index contributed by atoms with van der Waals surface area (Å²) in [5.74, 6) is 0.883. The molecule has 1 amide bonds. The Balaban J connectivity index is 1.35. The van der Waals surface area contributed by atoms with Gasteiger partial charge in [0.2, 0.25) is 5.91 Å². The van der Waals surface area contributed by atoms with E-state index in [2.05, 4.69) is 56.7 Å². The van der Waals surface area contributed by atoms with E-state index in [0.29, 0.717) is 25.5 Å². The molecule has 1 saturated heterocycles. The average Bonchev–Trinajstić information content (AvgIpc) is 3.25. The van der Waals surface area contributed by atoms with Crippen LogP contribution in [0.5, 0.6) is 0 Å². The zero-order valence-corrected chi connectivity index (χ0v) is 18.0. The highest BCUT2D eigenvalue weighted by Crippen LogP contribution is 2.16. The summed E-state index contributed by atoms with van der Waals surface area (Å²) in [5, 5.41) is 7.52. The monoisotopic (exact) mass is 414 g/mol. The summed E-state index contributed by atoms with van der Waals surface area (Å²) in [6.07, 6.45) is 3.39. The summed E-state index contributed by atoms with van der Waals surface area (Å²) in [6.45, 7) is 6.62. The Bertz CT molecular complexity index is 799. The first kappa shape index (κ1) is 21.1. The van der Waals surface area contributed by atoms with Crippen molar-refractivity contribution in [2.24, 2.45) is 4.99 Å². The van der Waals surface area contributed by atoms with Gasteiger partial charge in [-0.25, -0.2) is 4.98 Å². The van der Waals surface area contributed by atoms with E-state index in [0.717, 1.165) is 37.6 Å². The fraction of sp³-hybridized carbons (Fsp3) is 0.476. The predicted octanol–water partition coefficient (Wildman–Crippen LogP) is 2.11. The number of thiazole rings is 1. The van der Waals surface area contributed by atoms with Gasteiger partial charge in [0.15, 0.2) is 5.96 Å². The molecule has 2 heterocycles. The van der Waals surface area contributed by atoms with Gasteiger partial charge in [-0.2, -0.15) is 0 Å². The first-order valence-corrected chi connectivity index (χ1v) is 11.0. The molecule has 0 aliphatic carbocycles. The van der Waals surface area contributed by atoms with Crippen LogP contribution in [0.3, 0.4) is 0 Å². The number of rotatable bonds is 7. The zero-order valence-electron chi connectivity index (χ0n) is 17.2. The molecule has 0 atom stereocenters. The molecule has 0 saturated carbocycles. The van der Waals surface area contributed by atoms with Crippen LogP contribution in [0.4, 0.5) is 5.69 Å². The lowest BCUT2D eigenvalue weighted by Gasteiger charge is -2.36. The third kappa shape index (κ3) is 6.19. The number of carbonyl (C=O) groups is 1. The number of benzene rings is 1. The standard InChI is InChI=1S/C21H30N6OS/c1-3-18-15-24-19(29-18)16-25-21(22-2)23-10-9-20(28)27-13-11-26(12-14-27)17-7-5-4-6-8-17/h4-8,15H,3,9-14,16H2,1-2H3,(H2,22,23,25). The number of aryl methyl sites for hydroxylation is 1. The fourth-order valence-electron chi connectivity index (χ4n) is 3.27. The molecule has 0 spiro atoms. The number of guanidine groups is 1. The first-order chi connectivity index (χ1) is 14.2. The van der Waals surface area contributed by atoms with Crippen LogP contribution in [-0.4, -0.2) is 61.5 Å². The van der Waals surface area contributed by atoms with Crippen molar-refractivity contribution in [2.75, 3.05) is 44.7 Å². The number of aromatic nitrogens is 1. The normalized spacial score (nSPS) is 14.8. The zero-order chi connectivity index (χ0) is 20.5. The molecule has 0 radical (unpaired) electrons. The molecule has 1 fully saturated rings. The maximum atomic E-state index is 12.5. The molecule has 3 rings (SSSR count).